The molecule has 0 bridgehead atoms. The summed E-state index contributed by atoms with van der Waals surface area (Å²) in [6.45, 7) is 1.80. The first-order valence-corrected chi connectivity index (χ1v) is 8.15. The first-order valence-electron chi connectivity index (χ1n) is 7.77. The van der Waals surface area contributed by atoms with E-state index in [0.29, 0.717) is 24.7 Å². The SMILES string of the molecule is CNC[C@H](O)[C@@H](c1ccccc1)N1CCOc2ccc(Cl)cc21.Cl. The molecule has 0 aromatic heterocycles. The molecule has 3 rings (SSSR count). The predicted octanol–water partition coefficient (Wildman–Crippen LogP) is 3.28. The van der Waals surface area contributed by atoms with Crippen molar-refractivity contribution in [3.63, 3.8) is 0 Å². The summed E-state index contributed by atoms with van der Waals surface area (Å²) >= 11 is 6.18. The zero-order valence-electron chi connectivity index (χ0n) is 13.5. The van der Waals surface area contributed by atoms with Crippen molar-refractivity contribution in [2.75, 3.05) is 31.6 Å². The molecule has 130 valence electrons. The predicted molar refractivity (Wildman–Crippen MR) is 101 cm³/mol. The molecule has 0 fully saturated rings. The molecule has 2 atom stereocenters. The maximum atomic E-state index is 10.7. The fourth-order valence-corrected chi connectivity index (χ4v) is 3.25. The Morgan fingerprint density at radius 3 is 2.71 bits per heavy atom. The number of ether oxygens (including phenoxy) is 1. The van der Waals surface area contributed by atoms with Gasteiger partial charge in [0.15, 0.2) is 0 Å². The van der Waals surface area contributed by atoms with Crippen LogP contribution in [0.1, 0.15) is 11.6 Å². The number of nitrogens with one attached hydrogen (secondary N) is 1. The van der Waals surface area contributed by atoms with Gasteiger partial charge in [0, 0.05) is 11.6 Å². The van der Waals surface area contributed by atoms with E-state index in [-0.39, 0.29) is 18.4 Å². The average Bonchev–Trinajstić information content (AvgIpc) is 2.57. The van der Waals surface area contributed by atoms with Crippen LogP contribution < -0.4 is 15.0 Å². The van der Waals surface area contributed by atoms with Crippen LogP contribution in [-0.4, -0.2) is 38.0 Å². The number of nitrogens with zero attached hydrogens (tertiary/aromatic N) is 1. The summed E-state index contributed by atoms with van der Waals surface area (Å²) in [5.41, 5.74) is 2.00. The molecule has 1 aliphatic rings. The third-order valence-electron chi connectivity index (χ3n) is 4.07. The monoisotopic (exact) mass is 368 g/mol. The standard InChI is InChI=1S/C18H21ClN2O2.ClH/c1-20-12-16(22)18(13-5-3-2-4-6-13)21-9-10-23-17-8-7-14(19)11-15(17)21;/h2-8,11,16,18,20,22H,9-10,12H2,1H3;1H/t16-,18+;/m0./s1. The molecule has 1 aliphatic heterocycles. The van der Waals surface area contributed by atoms with Crippen molar-refractivity contribution in [1.82, 2.24) is 5.32 Å². The second kappa shape index (κ2) is 8.58. The summed E-state index contributed by atoms with van der Waals surface area (Å²) in [4.78, 5) is 2.18. The van der Waals surface area contributed by atoms with Gasteiger partial charge in [0.05, 0.1) is 24.4 Å². The highest BCUT2D eigenvalue weighted by Crippen LogP contribution is 2.39. The van der Waals surface area contributed by atoms with Gasteiger partial charge < -0.3 is 20.1 Å². The summed E-state index contributed by atoms with van der Waals surface area (Å²) in [6, 6.07) is 15.5. The van der Waals surface area contributed by atoms with E-state index in [1.54, 1.807) is 0 Å². The lowest BCUT2D eigenvalue weighted by molar-refractivity contribution is 0.135. The van der Waals surface area contributed by atoms with Gasteiger partial charge in [-0.25, -0.2) is 0 Å². The summed E-state index contributed by atoms with van der Waals surface area (Å²) < 4.78 is 5.74. The van der Waals surface area contributed by atoms with Gasteiger partial charge >= 0.3 is 0 Å². The lowest BCUT2D eigenvalue weighted by Crippen LogP contribution is -2.44. The number of likely N-dealkylation sites (N-methyl/N-ethyl adjacent to an activating group) is 1. The van der Waals surface area contributed by atoms with E-state index < -0.39 is 6.10 Å². The Hall–Kier alpha value is -1.46. The van der Waals surface area contributed by atoms with E-state index in [9.17, 15) is 5.11 Å². The highest BCUT2D eigenvalue weighted by Gasteiger charge is 2.31. The van der Waals surface area contributed by atoms with Crippen LogP contribution in [0.2, 0.25) is 5.02 Å². The quantitative estimate of drug-likeness (QED) is 0.849. The molecular weight excluding hydrogens is 347 g/mol. The van der Waals surface area contributed by atoms with Crippen molar-refractivity contribution in [3.8, 4) is 5.75 Å². The van der Waals surface area contributed by atoms with Crippen LogP contribution in [0.5, 0.6) is 5.75 Å². The molecule has 2 aromatic carbocycles. The van der Waals surface area contributed by atoms with Gasteiger partial charge in [-0.1, -0.05) is 41.9 Å². The lowest BCUT2D eigenvalue weighted by Gasteiger charge is -2.40. The first kappa shape index (κ1) is 18.9. The van der Waals surface area contributed by atoms with Gasteiger partial charge in [-0.05, 0) is 30.8 Å². The Balaban J connectivity index is 0.00000208. The first-order chi connectivity index (χ1) is 11.2. The smallest absolute Gasteiger partial charge is 0.142 e. The molecule has 24 heavy (non-hydrogen) atoms. The second-order valence-corrected chi connectivity index (χ2v) is 6.07. The van der Waals surface area contributed by atoms with Gasteiger partial charge in [-0.2, -0.15) is 0 Å². The molecule has 2 N–H and O–H groups in total. The van der Waals surface area contributed by atoms with E-state index in [0.717, 1.165) is 17.0 Å². The van der Waals surface area contributed by atoms with Crippen LogP contribution in [0.4, 0.5) is 5.69 Å². The molecule has 6 heteroatoms. The van der Waals surface area contributed by atoms with Crippen molar-refractivity contribution in [2.24, 2.45) is 0 Å². The highest BCUT2D eigenvalue weighted by atomic mass is 35.5. The maximum Gasteiger partial charge on any atom is 0.142 e. The van der Waals surface area contributed by atoms with Crippen LogP contribution in [0.3, 0.4) is 0 Å². The molecular formula is C18H22Cl2N2O2. The summed E-state index contributed by atoms with van der Waals surface area (Å²) in [6.07, 6.45) is -0.549. The number of aliphatic hydroxyl groups excluding tert-OH is 1. The van der Waals surface area contributed by atoms with Crippen LogP contribution in [0.15, 0.2) is 48.5 Å². The minimum absolute atomic E-state index is 0. The Morgan fingerprint density at radius 2 is 2.00 bits per heavy atom. The zero-order chi connectivity index (χ0) is 16.2. The molecule has 0 amide bonds. The highest BCUT2D eigenvalue weighted by molar-refractivity contribution is 6.31. The molecule has 0 spiro atoms. The lowest BCUT2D eigenvalue weighted by atomic mass is 9.98. The third-order valence-corrected chi connectivity index (χ3v) is 4.31. The summed E-state index contributed by atoms with van der Waals surface area (Å²) in [5, 5.41) is 14.5. The number of aliphatic hydroxyl groups is 1. The zero-order valence-corrected chi connectivity index (χ0v) is 15.1. The fourth-order valence-electron chi connectivity index (χ4n) is 3.08. The van der Waals surface area contributed by atoms with Crippen molar-refractivity contribution >= 4 is 29.7 Å². The minimum Gasteiger partial charge on any atom is -0.490 e. The van der Waals surface area contributed by atoms with E-state index >= 15 is 0 Å². The summed E-state index contributed by atoms with van der Waals surface area (Å²) in [7, 11) is 1.84. The number of benzene rings is 2. The molecule has 0 saturated heterocycles. The molecule has 0 radical (unpaired) electrons. The largest absolute Gasteiger partial charge is 0.490 e. The molecule has 0 aliphatic carbocycles. The van der Waals surface area contributed by atoms with Crippen molar-refractivity contribution in [3.05, 3.63) is 59.1 Å². The van der Waals surface area contributed by atoms with E-state index in [4.69, 9.17) is 16.3 Å². The molecule has 0 saturated carbocycles. The van der Waals surface area contributed by atoms with E-state index in [1.807, 2.05) is 55.6 Å². The van der Waals surface area contributed by atoms with Crippen molar-refractivity contribution in [1.29, 1.82) is 0 Å². The number of hydrogen-bond acceptors (Lipinski definition) is 4. The topological polar surface area (TPSA) is 44.7 Å². The number of rotatable bonds is 5. The molecule has 0 unspecified atom stereocenters. The second-order valence-electron chi connectivity index (χ2n) is 5.63. The van der Waals surface area contributed by atoms with Gasteiger partial charge in [0.1, 0.15) is 12.4 Å². The number of fused-ring (bicyclic) bond motifs is 1. The van der Waals surface area contributed by atoms with Gasteiger partial charge in [0.2, 0.25) is 0 Å². The average molecular weight is 369 g/mol. The van der Waals surface area contributed by atoms with Crippen LogP contribution in [0, 0.1) is 0 Å². The van der Waals surface area contributed by atoms with Gasteiger partial charge in [0.25, 0.3) is 0 Å². The van der Waals surface area contributed by atoms with Crippen LogP contribution >= 0.6 is 24.0 Å². The van der Waals surface area contributed by atoms with Crippen LogP contribution in [0.25, 0.3) is 0 Å². The normalized spacial score (nSPS) is 15.7. The maximum absolute atomic E-state index is 10.7. The molecule has 1 heterocycles. The Morgan fingerprint density at radius 1 is 1.25 bits per heavy atom. The minimum atomic E-state index is -0.549. The van der Waals surface area contributed by atoms with Crippen molar-refractivity contribution < 1.29 is 9.84 Å². The third kappa shape index (κ3) is 3.95. The molecule has 2 aromatic rings. The van der Waals surface area contributed by atoms with Crippen LogP contribution in [-0.2, 0) is 0 Å². The Kier molecular flexibility index (Phi) is 6.75. The van der Waals surface area contributed by atoms with Gasteiger partial charge in [-0.3, -0.25) is 0 Å². The number of halogens is 2. The molecule has 4 nitrogen and oxygen atoms in total. The Bertz CT molecular complexity index is 655. The fraction of sp³-hybridized carbons (Fsp3) is 0.333. The number of anilines is 1. The summed E-state index contributed by atoms with van der Waals surface area (Å²) in [5.74, 6) is 0.804. The Labute approximate surface area is 153 Å². The van der Waals surface area contributed by atoms with E-state index in [2.05, 4.69) is 10.2 Å². The van der Waals surface area contributed by atoms with Crippen molar-refractivity contribution in [2.45, 2.75) is 12.1 Å². The van der Waals surface area contributed by atoms with E-state index in [1.165, 1.54) is 0 Å². The van der Waals surface area contributed by atoms with Gasteiger partial charge in [-0.15, -0.1) is 12.4 Å². The number of hydrogen-bond donors (Lipinski definition) is 2.